The third kappa shape index (κ3) is 3.60. The van der Waals surface area contributed by atoms with Crippen molar-refractivity contribution >= 4 is 11.4 Å². The Morgan fingerprint density at radius 3 is 2.58 bits per heavy atom. The number of hydrogen-bond acceptors (Lipinski definition) is 5. The smallest absolute Gasteiger partial charge is 0.280 e. The highest BCUT2D eigenvalue weighted by Crippen LogP contribution is 2.15. The number of aromatic nitrogens is 2. The molecular weight excluding hydrogens is 312 g/mol. The number of aryl methyl sites for hydroxylation is 1. The molecule has 0 bridgehead atoms. The maximum absolute atomic E-state index is 12.7. The number of non-ortho nitro benzene ring substituents is 1. The summed E-state index contributed by atoms with van der Waals surface area (Å²) >= 11 is 0. The normalized spacial score (nSPS) is 11.7. The van der Waals surface area contributed by atoms with Gasteiger partial charge in [0.05, 0.1) is 29.3 Å². The molecule has 0 radical (unpaired) electrons. The van der Waals surface area contributed by atoms with Crippen molar-refractivity contribution < 1.29 is 10.0 Å². The molecule has 0 aliphatic rings. The Hall–Kier alpha value is -2.74. The van der Waals surface area contributed by atoms with Gasteiger partial charge in [-0.15, -0.1) is 0 Å². The summed E-state index contributed by atoms with van der Waals surface area (Å²) in [4.78, 5) is 27.2. The Morgan fingerprint density at radius 1 is 1.38 bits per heavy atom. The Balaban J connectivity index is 2.52. The first kappa shape index (κ1) is 17.6. The van der Waals surface area contributed by atoms with Crippen molar-refractivity contribution in [2.24, 2.45) is 4.99 Å². The fraction of sp³-hybridized carbons (Fsp3) is 0.375. The molecule has 1 aromatic heterocycles. The van der Waals surface area contributed by atoms with Gasteiger partial charge in [-0.3, -0.25) is 25.0 Å². The topological polar surface area (TPSA) is 114 Å². The molecule has 2 N–H and O–H groups in total. The fourth-order valence-corrected chi connectivity index (χ4v) is 2.49. The number of aliphatic imine (C=N–C) groups is 1. The van der Waals surface area contributed by atoms with E-state index in [0.717, 1.165) is 12.1 Å². The molecule has 0 spiro atoms. The maximum Gasteiger partial charge on any atom is 0.280 e. The lowest BCUT2D eigenvalue weighted by Gasteiger charge is -2.01. The van der Waals surface area contributed by atoms with E-state index in [1.165, 1.54) is 28.9 Å². The quantitative estimate of drug-likeness (QED) is 0.457. The van der Waals surface area contributed by atoms with Crippen LogP contribution in [-0.2, 0) is 6.42 Å². The number of nitro benzene ring substituents is 1. The summed E-state index contributed by atoms with van der Waals surface area (Å²) < 4.78 is 1.36. The van der Waals surface area contributed by atoms with Crippen molar-refractivity contribution in [3.63, 3.8) is 0 Å². The van der Waals surface area contributed by atoms with Crippen molar-refractivity contribution in [3.05, 3.63) is 56.0 Å². The van der Waals surface area contributed by atoms with E-state index in [9.17, 15) is 14.9 Å². The molecule has 2 rings (SSSR count). The molecule has 2 aromatic rings. The number of rotatable bonds is 7. The molecule has 0 saturated heterocycles. The lowest BCUT2D eigenvalue weighted by molar-refractivity contribution is -0.384. The summed E-state index contributed by atoms with van der Waals surface area (Å²) in [6, 6.07) is 5.76. The van der Waals surface area contributed by atoms with Crippen LogP contribution in [0.1, 0.15) is 31.5 Å². The third-order valence-electron chi connectivity index (χ3n) is 3.59. The molecule has 0 aliphatic heterocycles. The van der Waals surface area contributed by atoms with Crippen molar-refractivity contribution in [2.75, 3.05) is 13.2 Å². The van der Waals surface area contributed by atoms with E-state index in [1.807, 2.05) is 6.92 Å². The Labute approximate surface area is 138 Å². The molecule has 24 heavy (non-hydrogen) atoms. The number of nitrogens with one attached hydrogen (secondary N) is 1. The molecule has 0 amide bonds. The first-order valence-corrected chi connectivity index (χ1v) is 7.70. The van der Waals surface area contributed by atoms with Crippen LogP contribution in [0.25, 0.3) is 5.69 Å². The van der Waals surface area contributed by atoms with Crippen molar-refractivity contribution in [2.45, 2.75) is 26.7 Å². The molecule has 0 unspecified atom stereocenters. The van der Waals surface area contributed by atoms with Crippen LogP contribution in [-0.4, -0.2) is 38.7 Å². The lowest BCUT2D eigenvalue weighted by atomic mass is 10.1. The van der Waals surface area contributed by atoms with E-state index in [2.05, 4.69) is 10.1 Å². The van der Waals surface area contributed by atoms with Crippen LogP contribution in [0.15, 0.2) is 34.1 Å². The highest BCUT2D eigenvalue weighted by Gasteiger charge is 2.17. The van der Waals surface area contributed by atoms with Crippen LogP contribution in [0.5, 0.6) is 0 Å². The Morgan fingerprint density at radius 2 is 2.04 bits per heavy atom. The number of hydrogen-bond donors (Lipinski definition) is 2. The molecule has 1 heterocycles. The summed E-state index contributed by atoms with van der Waals surface area (Å²) in [7, 11) is 0. The largest absolute Gasteiger partial charge is 0.394 e. The van der Waals surface area contributed by atoms with Gasteiger partial charge < -0.3 is 5.11 Å². The summed E-state index contributed by atoms with van der Waals surface area (Å²) in [5, 5.41) is 22.7. The van der Waals surface area contributed by atoms with Gasteiger partial charge >= 0.3 is 0 Å². The fourth-order valence-electron chi connectivity index (χ4n) is 2.49. The van der Waals surface area contributed by atoms with E-state index in [0.29, 0.717) is 23.4 Å². The second-order valence-electron chi connectivity index (χ2n) is 5.32. The van der Waals surface area contributed by atoms with Gasteiger partial charge in [-0.2, -0.15) is 0 Å². The minimum absolute atomic E-state index is 0.0342. The zero-order valence-corrected chi connectivity index (χ0v) is 13.7. The minimum Gasteiger partial charge on any atom is -0.394 e. The average Bonchev–Trinajstić information content (AvgIpc) is 2.89. The van der Waals surface area contributed by atoms with Gasteiger partial charge in [0, 0.05) is 23.5 Å². The molecule has 0 atom stereocenters. The highest BCUT2D eigenvalue weighted by molar-refractivity contribution is 5.99. The number of aliphatic hydroxyl groups is 1. The maximum atomic E-state index is 12.7. The van der Waals surface area contributed by atoms with Crippen LogP contribution in [0.3, 0.4) is 0 Å². The third-order valence-corrected chi connectivity index (χ3v) is 3.59. The Bertz CT molecular complexity index is 802. The molecule has 0 aliphatic carbocycles. The van der Waals surface area contributed by atoms with Crippen molar-refractivity contribution in [3.8, 4) is 5.69 Å². The molecule has 8 nitrogen and oxygen atoms in total. The van der Waals surface area contributed by atoms with Gasteiger partial charge in [0.1, 0.15) is 0 Å². The van der Waals surface area contributed by atoms with Crippen molar-refractivity contribution in [1.29, 1.82) is 0 Å². The summed E-state index contributed by atoms with van der Waals surface area (Å²) in [5.74, 6) is 0. The van der Waals surface area contributed by atoms with Crippen molar-refractivity contribution in [1.82, 2.24) is 9.78 Å². The Kier molecular flexibility index (Phi) is 5.64. The van der Waals surface area contributed by atoms with Crippen LogP contribution >= 0.6 is 0 Å². The lowest BCUT2D eigenvalue weighted by Crippen LogP contribution is -2.20. The number of nitrogens with zero attached hydrogens (tertiary/aromatic N) is 3. The van der Waals surface area contributed by atoms with Crippen LogP contribution in [0.2, 0.25) is 0 Å². The first-order chi connectivity index (χ1) is 11.5. The summed E-state index contributed by atoms with van der Waals surface area (Å²) in [6.45, 7) is 3.89. The van der Waals surface area contributed by atoms with E-state index in [1.54, 1.807) is 6.92 Å². The van der Waals surface area contributed by atoms with Gasteiger partial charge in [0.25, 0.3) is 11.2 Å². The number of aromatic amines is 1. The predicted molar refractivity (Wildman–Crippen MR) is 91.2 cm³/mol. The molecule has 1 aromatic carbocycles. The average molecular weight is 332 g/mol. The number of aliphatic hydroxyl groups excluding tert-OH is 1. The zero-order valence-electron chi connectivity index (χ0n) is 13.7. The van der Waals surface area contributed by atoms with E-state index >= 15 is 0 Å². The van der Waals surface area contributed by atoms with Crippen LogP contribution in [0, 0.1) is 10.1 Å². The second kappa shape index (κ2) is 7.69. The van der Waals surface area contributed by atoms with E-state index < -0.39 is 4.92 Å². The monoisotopic (exact) mass is 332 g/mol. The zero-order chi connectivity index (χ0) is 17.7. The molecule has 128 valence electrons. The molecule has 0 saturated carbocycles. The predicted octanol–water partition coefficient (Wildman–Crippen LogP) is 1.83. The van der Waals surface area contributed by atoms with Gasteiger partial charge in [0.2, 0.25) is 0 Å². The molecule has 0 fully saturated rings. The van der Waals surface area contributed by atoms with Crippen LogP contribution < -0.4 is 5.56 Å². The summed E-state index contributed by atoms with van der Waals surface area (Å²) in [5.41, 5.74) is 2.04. The first-order valence-electron chi connectivity index (χ1n) is 7.70. The van der Waals surface area contributed by atoms with Gasteiger partial charge in [-0.1, -0.05) is 13.3 Å². The number of nitro groups is 1. The minimum atomic E-state index is -0.485. The molecule has 8 heteroatoms. The highest BCUT2D eigenvalue weighted by atomic mass is 16.6. The van der Waals surface area contributed by atoms with Gasteiger partial charge in [0.15, 0.2) is 0 Å². The number of benzene rings is 1. The number of H-pyrrole nitrogens is 1. The van der Waals surface area contributed by atoms with E-state index in [-0.39, 0.29) is 24.4 Å². The standard InChI is InChI=1S/C16H20N4O4/c1-3-4-14-15(11(2)17-9-10-21)16(22)19(18-14)12-5-7-13(8-6-12)20(23)24/h5-8,18,21H,3-4,9-10H2,1-2H3. The van der Waals surface area contributed by atoms with Gasteiger partial charge in [-0.05, 0) is 25.5 Å². The SMILES string of the molecule is CCCc1[nH]n(-c2ccc([N+](=O)[O-])cc2)c(=O)c1C(C)=NCCO. The van der Waals surface area contributed by atoms with Gasteiger partial charge in [-0.25, -0.2) is 4.68 Å². The molecular formula is C16H20N4O4. The second-order valence-corrected chi connectivity index (χ2v) is 5.32. The summed E-state index contributed by atoms with van der Waals surface area (Å²) in [6.07, 6.45) is 1.52. The van der Waals surface area contributed by atoms with E-state index in [4.69, 9.17) is 5.11 Å². The van der Waals surface area contributed by atoms with Crippen LogP contribution in [0.4, 0.5) is 5.69 Å².